The molecule has 144 valence electrons. The topological polar surface area (TPSA) is 70.6 Å². The second-order valence-corrected chi connectivity index (χ2v) is 7.50. The molecule has 0 fully saturated rings. The Balaban J connectivity index is 1.63. The highest BCUT2D eigenvalue weighted by Crippen LogP contribution is 2.30. The molecule has 0 radical (unpaired) electrons. The second-order valence-electron chi connectivity index (χ2n) is 7.50. The van der Waals surface area contributed by atoms with Crippen LogP contribution in [0.1, 0.15) is 17.7 Å². The minimum atomic E-state index is 0.613. The third-order valence-corrected chi connectivity index (χ3v) is 5.33. The first-order valence-electron chi connectivity index (χ1n) is 9.80. The van der Waals surface area contributed by atoms with Crippen LogP contribution in [0.3, 0.4) is 0 Å². The maximum atomic E-state index is 4.89. The molecule has 0 atom stereocenters. The van der Waals surface area contributed by atoms with E-state index < -0.39 is 0 Å². The van der Waals surface area contributed by atoms with Gasteiger partial charge in [-0.25, -0.2) is 15.0 Å². The van der Waals surface area contributed by atoms with E-state index in [9.17, 15) is 0 Å². The molecule has 29 heavy (non-hydrogen) atoms. The van der Waals surface area contributed by atoms with Gasteiger partial charge in [-0.05, 0) is 55.8 Å². The Hall–Kier alpha value is -3.38. The SMILES string of the molecule is Cc1cccc(-c2nc(-c3cncc(C4=CCN(C)CC4)c3)c3cc[nH]c3n2)n1. The van der Waals surface area contributed by atoms with Gasteiger partial charge in [-0.15, -0.1) is 0 Å². The molecule has 0 saturated heterocycles. The molecule has 4 aromatic rings. The largest absolute Gasteiger partial charge is 0.346 e. The molecule has 4 aromatic heterocycles. The minimum absolute atomic E-state index is 0.613. The van der Waals surface area contributed by atoms with Gasteiger partial charge in [0.05, 0.1) is 5.69 Å². The zero-order chi connectivity index (χ0) is 19.8. The Morgan fingerprint density at radius 1 is 1.03 bits per heavy atom. The first-order valence-corrected chi connectivity index (χ1v) is 9.80. The lowest BCUT2D eigenvalue weighted by molar-refractivity contribution is 0.370. The van der Waals surface area contributed by atoms with E-state index in [-0.39, 0.29) is 0 Å². The van der Waals surface area contributed by atoms with Crippen molar-refractivity contribution in [3.63, 3.8) is 0 Å². The van der Waals surface area contributed by atoms with Crippen molar-refractivity contribution in [2.24, 2.45) is 0 Å². The Labute approximate surface area is 169 Å². The first-order chi connectivity index (χ1) is 14.2. The standard InChI is InChI=1S/C23H22N6/c1-15-4-3-5-20(26-15)23-27-21(19-6-9-25-22(19)28-23)18-12-17(13-24-14-18)16-7-10-29(2)11-8-16/h3-7,9,12-14H,8,10-11H2,1-2H3,(H,25,27,28). The maximum Gasteiger partial charge on any atom is 0.180 e. The molecule has 0 aliphatic carbocycles. The van der Waals surface area contributed by atoms with Crippen LogP contribution in [0.15, 0.2) is 55.0 Å². The van der Waals surface area contributed by atoms with Crippen LogP contribution in [0, 0.1) is 6.92 Å². The van der Waals surface area contributed by atoms with Gasteiger partial charge in [-0.1, -0.05) is 12.1 Å². The highest BCUT2D eigenvalue weighted by atomic mass is 15.1. The van der Waals surface area contributed by atoms with Gasteiger partial charge in [0.15, 0.2) is 5.82 Å². The summed E-state index contributed by atoms with van der Waals surface area (Å²) in [6.45, 7) is 4.01. The molecule has 0 spiro atoms. The highest BCUT2D eigenvalue weighted by molar-refractivity contribution is 5.92. The molecule has 0 aromatic carbocycles. The molecule has 6 heteroatoms. The molecule has 1 aliphatic heterocycles. The molecule has 6 nitrogen and oxygen atoms in total. The number of nitrogens with one attached hydrogen (secondary N) is 1. The smallest absolute Gasteiger partial charge is 0.180 e. The van der Waals surface area contributed by atoms with Crippen LogP contribution >= 0.6 is 0 Å². The fraction of sp³-hybridized carbons (Fsp3) is 0.217. The van der Waals surface area contributed by atoms with Gasteiger partial charge in [-0.3, -0.25) is 4.98 Å². The van der Waals surface area contributed by atoms with Gasteiger partial charge >= 0.3 is 0 Å². The summed E-state index contributed by atoms with van der Waals surface area (Å²) >= 11 is 0. The summed E-state index contributed by atoms with van der Waals surface area (Å²) in [5.74, 6) is 0.613. The second kappa shape index (κ2) is 7.22. The summed E-state index contributed by atoms with van der Waals surface area (Å²) in [7, 11) is 2.15. The van der Waals surface area contributed by atoms with E-state index in [1.54, 1.807) is 0 Å². The van der Waals surface area contributed by atoms with E-state index in [0.717, 1.165) is 58.8 Å². The van der Waals surface area contributed by atoms with E-state index in [1.165, 1.54) is 5.57 Å². The van der Waals surface area contributed by atoms with Crippen molar-refractivity contribution in [1.82, 2.24) is 29.8 Å². The number of hydrogen-bond acceptors (Lipinski definition) is 5. The van der Waals surface area contributed by atoms with Crippen molar-refractivity contribution in [2.45, 2.75) is 13.3 Å². The number of aryl methyl sites for hydroxylation is 1. The monoisotopic (exact) mass is 382 g/mol. The molecule has 1 N–H and O–H groups in total. The Kier molecular flexibility index (Phi) is 4.41. The van der Waals surface area contributed by atoms with Crippen molar-refractivity contribution >= 4 is 16.6 Å². The van der Waals surface area contributed by atoms with E-state index in [1.807, 2.05) is 49.8 Å². The van der Waals surface area contributed by atoms with Crippen LogP contribution in [-0.2, 0) is 0 Å². The summed E-state index contributed by atoms with van der Waals surface area (Å²) in [6, 6.07) is 10.1. The van der Waals surface area contributed by atoms with Crippen LogP contribution in [0.5, 0.6) is 0 Å². The summed E-state index contributed by atoms with van der Waals surface area (Å²) in [6.07, 6.45) is 9.04. The lowest BCUT2D eigenvalue weighted by Crippen LogP contribution is -2.23. The summed E-state index contributed by atoms with van der Waals surface area (Å²) < 4.78 is 0. The van der Waals surface area contributed by atoms with Gasteiger partial charge in [0.2, 0.25) is 0 Å². The average molecular weight is 382 g/mol. The van der Waals surface area contributed by atoms with Crippen molar-refractivity contribution in [3.05, 3.63) is 66.3 Å². The molecule has 5 heterocycles. The zero-order valence-electron chi connectivity index (χ0n) is 16.6. The van der Waals surface area contributed by atoms with Gasteiger partial charge in [0.25, 0.3) is 0 Å². The van der Waals surface area contributed by atoms with Crippen LogP contribution in [0.4, 0.5) is 0 Å². The number of pyridine rings is 2. The predicted octanol–water partition coefficient (Wildman–Crippen LogP) is 4.11. The van der Waals surface area contributed by atoms with Gasteiger partial charge in [0, 0.05) is 48.3 Å². The number of H-pyrrole nitrogens is 1. The molecular formula is C23H22N6. The molecular weight excluding hydrogens is 360 g/mol. The molecule has 0 saturated carbocycles. The Bertz CT molecular complexity index is 1220. The molecule has 5 rings (SSSR count). The van der Waals surface area contributed by atoms with E-state index >= 15 is 0 Å². The summed E-state index contributed by atoms with van der Waals surface area (Å²) in [5.41, 5.74) is 6.88. The van der Waals surface area contributed by atoms with Crippen LogP contribution < -0.4 is 0 Å². The molecule has 0 bridgehead atoms. The lowest BCUT2D eigenvalue weighted by Gasteiger charge is -2.22. The maximum absolute atomic E-state index is 4.89. The van der Waals surface area contributed by atoms with Crippen LogP contribution in [-0.4, -0.2) is 50.0 Å². The van der Waals surface area contributed by atoms with Crippen molar-refractivity contribution in [3.8, 4) is 22.8 Å². The number of hydrogen-bond donors (Lipinski definition) is 1. The molecule has 1 aliphatic rings. The Morgan fingerprint density at radius 3 is 2.76 bits per heavy atom. The van der Waals surface area contributed by atoms with E-state index in [4.69, 9.17) is 4.98 Å². The highest BCUT2D eigenvalue weighted by Gasteiger charge is 2.15. The summed E-state index contributed by atoms with van der Waals surface area (Å²) in [5, 5.41) is 0.984. The molecule has 0 unspecified atom stereocenters. The minimum Gasteiger partial charge on any atom is -0.346 e. The van der Waals surface area contributed by atoms with Gasteiger partial charge in [-0.2, -0.15) is 0 Å². The fourth-order valence-electron chi connectivity index (χ4n) is 3.72. The van der Waals surface area contributed by atoms with Crippen molar-refractivity contribution < 1.29 is 0 Å². The van der Waals surface area contributed by atoms with Crippen molar-refractivity contribution in [2.75, 3.05) is 20.1 Å². The normalized spacial score (nSPS) is 14.9. The number of aromatic amines is 1. The third kappa shape index (κ3) is 3.43. The lowest BCUT2D eigenvalue weighted by atomic mass is 9.99. The number of aromatic nitrogens is 5. The average Bonchev–Trinajstić information content (AvgIpc) is 3.22. The number of fused-ring (bicyclic) bond motifs is 1. The predicted molar refractivity (Wildman–Crippen MR) is 115 cm³/mol. The quantitative estimate of drug-likeness (QED) is 0.577. The summed E-state index contributed by atoms with van der Waals surface area (Å²) in [4.78, 5) is 24.2. The zero-order valence-corrected chi connectivity index (χ0v) is 16.6. The fourth-order valence-corrected chi connectivity index (χ4v) is 3.72. The van der Waals surface area contributed by atoms with Crippen LogP contribution in [0.2, 0.25) is 0 Å². The van der Waals surface area contributed by atoms with Gasteiger partial charge in [0.1, 0.15) is 11.3 Å². The third-order valence-electron chi connectivity index (χ3n) is 5.33. The first kappa shape index (κ1) is 17.7. The Morgan fingerprint density at radius 2 is 1.93 bits per heavy atom. The molecule has 0 amide bonds. The van der Waals surface area contributed by atoms with Crippen molar-refractivity contribution in [1.29, 1.82) is 0 Å². The van der Waals surface area contributed by atoms with E-state index in [2.05, 4.69) is 44.0 Å². The number of nitrogens with zero attached hydrogens (tertiary/aromatic N) is 5. The number of likely N-dealkylation sites (N-methyl/N-ethyl adjacent to an activating group) is 1. The van der Waals surface area contributed by atoms with Crippen LogP contribution in [0.25, 0.3) is 39.4 Å². The van der Waals surface area contributed by atoms with Gasteiger partial charge < -0.3 is 9.88 Å². The number of rotatable bonds is 3. The van der Waals surface area contributed by atoms with E-state index in [0.29, 0.717) is 5.82 Å².